The van der Waals surface area contributed by atoms with Crippen LogP contribution in [0.5, 0.6) is 0 Å². The van der Waals surface area contributed by atoms with Crippen molar-refractivity contribution in [3.63, 3.8) is 0 Å². The van der Waals surface area contributed by atoms with Gasteiger partial charge in [-0.3, -0.25) is 4.31 Å². The molecule has 0 amide bonds. The molecule has 1 aliphatic rings. The second kappa shape index (κ2) is 6.51. The third-order valence-electron chi connectivity index (χ3n) is 4.24. The summed E-state index contributed by atoms with van der Waals surface area (Å²) in [5, 5.41) is -0.114. The van der Waals surface area contributed by atoms with Crippen molar-refractivity contribution in [2.45, 2.75) is 29.6 Å². The summed E-state index contributed by atoms with van der Waals surface area (Å²) in [5.74, 6) is -0.626. The largest absolute Gasteiger partial charge is 0.265 e. The minimum Gasteiger partial charge on any atom is -0.263 e. The molecule has 2 aromatic carbocycles. The number of hydrogen-bond donors (Lipinski definition) is 0. The van der Waals surface area contributed by atoms with Crippen LogP contribution in [0.4, 0.5) is 10.1 Å². The summed E-state index contributed by atoms with van der Waals surface area (Å²) in [7, 11) is -7.85. The third kappa shape index (κ3) is 3.33. The first-order valence-electron chi connectivity index (χ1n) is 7.83. The van der Waals surface area contributed by atoms with Gasteiger partial charge in [0.25, 0.3) is 10.0 Å². The number of rotatable bonds is 3. The quantitative estimate of drug-likeness (QED) is 0.767. The van der Waals surface area contributed by atoms with Gasteiger partial charge >= 0.3 is 0 Å². The number of anilines is 1. The minimum atomic E-state index is -4.23. The average molecular weight is 418 g/mol. The van der Waals surface area contributed by atoms with Crippen LogP contribution < -0.4 is 4.31 Å². The van der Waals surface area contributed by atoms with Gasteiger partial charge in [-0.2, -0.15) is 0 Å². The van der Waals surface area contributed by atoms with Crippen LogP contribution in [-0.2, 0) is 26.3 Å². The van der Waals surface area contributed by atoms with Crippen LogP contribution in [0.15, 0.2) is 40.1 Å². The van der Waals surface area contributed by atoms with Gasteiger partial charge in [0.1, 0.15) is 10.7 Å². The molecule has 0 atom stereocenters. The number of sulfonamides is 1. The summed E-state index contributed by atoms with van der Waals surface area (Å²) in [6, 6.07) is 6.52. The first-order valence-corrected chi connectivity index (χ1v) is 11.5. The van der Waals surface area contributed by atoms with Gasteiger partial charge in [0, 0.05) is 12.8 Å². The average Bonchev–Trinajstić information content (AvgIpc) is 2.53. The van der Waals surface area contributed by atoms with E-state index in [-0.39, 0.29) is 27.0 Å². The molecule has 0 N–H and O–H groups in total. The zero-order chi connectivity index (χ0) is 19.3. The molecule has 0 saturated carbocycles. The van der Waals surface area contributed by atoms with E-state index in [1.54, 1.807) is 13.0 Å². The normalized spacial score (nSPS) is 15.0. The third-order valence-corrected chi connectivity index (χ3v) is 7.63. The molecule has 2 aromatic rings. The van der Waals surface area contributed by atoms with Gasteiger partial charge in [-0.15, -0.1) is 0 Å². The molecule has 0 bridgehead atoms. The van der Waals surface area contributed by atoms with E-state index in [1.807, 2.05) is 0 Å². The Labute approximate surface area is 157 Å². The summed E-state index contributed by atoms with van der Waals surface area (Å²) in [5.41, 5.74) is 1.31. The van der Waals surface area contributed by atoms with Crippen molar-refractivity contribution in [3.05, 3.63) is 52.3 Å². The molecule has 1 heterocycles. The molecule has 0 aliphatic carbocycles. The van der Waals surface area contributed by atoms with Crippen molar-refractivity contribution in [2.24, 2.45) is 0 Å². The Bertz CT molecular complexity index is 1100. The molecule has 0 fully saturated rings. The number of benzene rings is 2. The zero-order valence-corrected chi connectivity index (χ0v) is 16.5. The van der Waals surface area contributed by atoms with Gasteiger partial charge in [0.15, 0.2) is 9.84 Å². The van der Waals surface area contributed by atoms with Crippen LogP contribution in [0.25, 0.3) is 0 Å². The molecule has 9 heteroatoms. The molecule has 26 heavy (non-hydrogen) atoms. The first-order chi connectivity index (χ1) is 12.0. The van der Waals surface area contributed by atoms with Crippen molar-refractivity contribution < 1.29 is 21.2 Å². The summed E-state index contributed by atoms with van der Waals surface area (Å²) < 4.78 is 65.4. The van der Waals surface area contributed by atoms with Gasteiger partial charge in [0.2, 0.25) is 0 Å². The summed E-state index contributed by atoms with van der Waals surface area (Å²) in [4.78, 5) is -0.517. The maximum absolute atomic E-state index is 14.6. The zero-order valence-electron chi connectivity index (χ0n) is 14.2. The molecule has 0 spiro atoms. The standard InChI is InChI=1S/C17H17ClFNO4S2/c1-11-8-12-4-3-7-20(17(12)15(19)9-11)26(23,24)16-10-13(25(2,21)22)5-6-14(16)18/h5-6,8-10H,3-4,7H2,1-2H3. The van der Waals surface area contributed by atoms with E-state index >= 15 is 0 Å². The molecule has 3 rings (SSSR count). The van der Waals surface area contributed by atoms with Crippen molar-refractivity contribution >= 4 is 37.1 Å². The van der Waals surface area contributed by atoms with Crippen molar-refractivity contribution in [2.75, 3.05) is 17.1 Å². The predicted molar refractivity (Wildman–Crippen MR) is 98.6 cm³/mol. The number of nitrogens with zero attached hydrogens (tertiary/aromatic N) is 1. The van der Waals surface area contributed by atoms with E-state index in [9.17, 15) is 21.2 Å². The van der Waals surface area contributed by atoms with Crippen LogP contribution in [0, 0.1) is 12.7 Å². The topological polar surface area (TPSA) is 71.5 Å². The predicted octanol–water partition coefficient (Wildman–Crippen LogP) is 3.33. The van der Waals surface area contributed by atoms with Gasteiger partial charge in [-0.1, -0.05) is 17.7 Å². The van der Waals surface area contributed by atoms with E-state index < -0.39 is 25.7 Å². The number of fused-ring (bicyclic) bond motifs is 1. The van der Waals surface area contributed by atoms with Crippen LogP contribution in [-0.4, -0.2) is 29.6 Å². The Hall–Kier alpha value is -1.64. The van der Waals surface area contributed by atoms with E-state index in [1.165, 1.54) is 18.2 Å². The number of hydrogen-bond acceptors (Lipinski definition) is 4. The summed E-state index contributed by atoms with van der Waals surface area (Å²) in [6.45, 7) is 1.83. The number of sulfone groups is 1. The lowest BCUT2D eigenvalue weighted by Crippen LogP contribution is -2.36. The Balaban J connectivity index is 2.21. The highest BCUT2D eigenvalue weighted by Crippen LogP contribution is 2.37. The molecular formula is C17H17ClFNO4S2. The lowest BCUT2D eigenvalue weighted by Gasteiger charge is -2.31. The van der Waals surface area contributed by atoms with E-state index in [0.29, 0.717) is 24.0 Å². The molecule has 0 aromatic heterocycles. The second-order valence-corrected chi connectivity index (χ2v) is 10.6. The molecule has 0 saturated heterocycles. The van der Waals surface area contributed by atoms with E-state index in [4.69, 9.17) is 11.6 Å². The summed E-state index contributed by atoms with van der Waals surface area (Å²) >= 11 is 6.05. The Morgan fingerprint density at radius 2 is 1.81 bits per heavy atom. The molecule has 5 nitrogen and oxygen atoms in total. The van der Waals surface area contributed by atoms with Crippen LogP contribution in [0.3, 0.4) is 0 Å². The monoisotopic (exact) mass is 417 g/mol. The van der Waals surface area contributed by atoms with Gasteiger partial charge in [-0.25, -0.2) is 21.2 Å². The lowest BCUT2D eigenvalue weighted by atomic mass is 10.0. The van der Waals surface area contributed by atoms with Gasteiger partial charge in [0.05, 0.1) is 15.6 Å². The molecular weight excluding hydrogens is 401 g/mol. The Morgan fingerprint density at radius 3 is 2.46 bits per heavy atom. The maximum Gasteiger partial charge on any atom is 0.265 e. The highest BCUT2D eigenvalue weighted by Gasteiger charge is 2.33. The minimum absolute atomic E-state index is 0.00248. The Kier molecular flexibility index (Phi) is 4.79. The fourth-order valence-corrected chi connectivity index (χ4v) is 5.85. The molecule has 140 valence electrons. The van der Waals surface area contributed by atoms with E-state index in [2.05, 4.69) is 0 Å². The molecule has 0 radical (unpaired) electrons. The molecule has 0 unspecified atom stereocenters. The fourth-order valence-electron chi connectivity index (χ4n) is 3.07. The van der Waals surface area contributed by atoms with Crippen LogP contribution in [0.1, 0.15) is 17.5 Å². The fraction of sp³-hybridized carbons (Fsp3) is 0.294. The van der Waals surface area contributed by atoms with E-state index in [0.717, 1.165) is 16.6 Å². The van der Waals surface area contributed by atoms with Crippen molar-refractivity contribution in [1.29, 1.82) is 0 Å². The second-order valence-electron chi connectivity index (χ2n) is 6.30. The van der Waals surface area contributed by atoms with Gasteiger partial charge in [-0.05, 0) is 55.2 Å². The summed E-state index contributed by atoms with van der Waals surface area (Å²) in [6.07, 6.45) is 2.07. The number of halogens is 2. The van der Waals surface area contributed by atoms with Gasteiger partial charge < -0.3 is 0 Å². The van der Waals surface area contributed by atoms with Crippen LogP contribution in [0.2, 0.25) is 5.02 Å². The van der Waals surface area contributed by atoms with Crippen LogP contribution >= 0.6 is 11.6 Å². The number of aryl methyl sites for hydroxylation is 2. The maximum atomic E-state index is 14.6. The molecule has 1 aliphatic heterocycles. The smallest absolute Gasteiger partial charge is 0.263 e. The lowest BCUT2D eigenvalue weighted by molar-refractivity contribution is 0.576. The highest BCUT2D eigenvalue weighted by atomic mass is 35.5. The SMILES string of the molecule is Cc1cc(F)c2c(c1)CCCN2S(=O)(=O)c1cc(S(C)(=O)=O)ccc1Cl. The first kappa shape index (κ1) is 19.1. The van der Waals surface area contributed by atoms with Crippen molar-refractivity contribution in [3.8, 4) is 0 Å². The Morgan fingerprint density at radius 1 is 1.12 bits per heavy atom. The van der Waals surface area contributed by atoms with Crippen molar-refractivity contribution in [1.82, 2.24) is 0 Å². The highest BCUT2D eigenvalue weighted by molar-refractivity contribution is 7.93.